The molecule has 0 spiro atoms. The highest BCUT2D eigenvalue weighted by Crippen LogP contribution is 2.49. The Kier molecular flexibility index (Phi) is 4.17. The first kappa shape index (κ1) is 15.4. The average molecular weight is 308 g/mol. The smallest absolute Gasteiger partial charge is 0.226 e. The zero-order valence-electron chi connectivity index (χ0n) is 12.8. The van der Waals surface area contributed by atoms with Crippen LogP contribution in [0.15, 0.2) is 18.2 Å². The van der Waals surface area contributed by atoms with Crippen molar-refractivity contribution in [2.45, 2.75) is 38.1 Å². The van der Waals surface area contributed by atoms with E-state index >= 15 is 0 Å². The average Bonchev–Trinajstić information content (AvgIpc) is 3.30. The summed E-state index contributed by atoms with van der Waals surface area (Å²) in [5.41, 5.74) is 6.68. The van der Waals surface area contributed by atoms with Crippen LogP contribution in [0.2, 0.25) is 0 Å². The summed E-state index contributed by atoms with van der Waals surface area (Å²) in [6, 6.07) is 4.03. The van der Waals surface area contributed by atoms with E-state index in [-0.39, 0.29) is 23.8 Å². The van der Waals surface area contributed by atoms with Crippen molar-refractivity contribution in [3.63, 3.8) is 0 Å². The number of nitrogens with zero attached hydrogens (tertiary/aromatic N) is 1. The van der Waals surface area contributed by atoms with E-state index in [0.717, 1.165) is 44.0 Å². The molecule has 0 unspecified atom stereocenters. The molecule has 5 heteroatoms. The van der Waals surface area contributed by atoms with Crippen LogP contribution in [-0.4, -0.2) is 29.9 Å². The molecule has 3 rings (SSSR count). The van der Waals surface area contributed by atoms with Gasteiger partial charge in [-0.15, -0.1) is 0 Å². The van der Waals surface area contributed by atoms with E-state index in [2.05, 4.69) is 0 Å². The molecule has 1 saturated heterocycles. The molecule has 2 N–H and O–H groups in total. The number of piperidine rings is 1. The van der Waals surface area contributed by atoms with Gasteiger partial charge >= 0.3 is 0 Å². The number of halogens is 2. The SMILES string of the molecule is C[C@H](N)[C@@H]1CCCN(C(=O)[C@@H]2C[C@H]2c2ccc(F)c(F)c2)C1. The van der Waals surface area contributed by atoms with Crippen LogP contribution >= 0.6 is 0 Å². The predicted molar refractivity (Wildman–Crippen MR) is 80.2 cm³/mol. The summed E-state index contributed by atoms with van der Waals surface area (Å²) in [5, 5.41) is 0. The van der Waals surface area contributed by atoms with Gasteiger partial charge in [-0.25, -0.2) is 8.78 Å². The number of carbonyl (C=O) groups excluding carboxylic acids is 1. The molecule has 0 radical (unpaired) electrons. The number of likely N-dealkylation sites (tertiary alicyclic amines) is 1. The molecule has 2 fully saturated rings. The lowest BCUT2D eigenvalue weighted by atomic mass is 9.92. The fraction of sp³-hybridized carbons (Fsp3) is 0.588. The summed E-state index contributed by atoms with van der Waals surface area (Å²) in [5.74, 6) is -1.25. The lowest BCUT2D eigenvalue weighted by molar-refractivity contribution is -0.134. The minimum Gasteiger partial charge on any atom is -0.342 e. The van der Waals surface area contributed by atoms with E-state index in [1.165, 1.54) is 6.07 Å². The van der Waals surface area contributed by atoms with Gasteiger partial charge in [0, 0.05) is 25.0 Å². The molecule has 1 heterocycles. The van der Waals surface area contributed by atoms with E-state index < -0.39 is 11.6 Å². The standard InChI is InChI=1S/C17H22F2N2O/c1-10(20)12-3-2-6-21(9-12)17(22)14-8-13(14)11-4-5-15(18)16(19)7-11/h4-5,7,10,12-14H,2-3,6,8-9,20H2,1H3/t10-,12+,13-,14+/m0/s1. The van der Waals surface area contributed by atoms with Crippen LogP contribution in [-0.2, 0) is 4.79 Å². The quantitative estimate of drug-likeness (QED) is 0.933. The van der Waals surface area contributed by atoms with Gasteiger partial charge in [-0.3, -0.25) is 4.79 Å². The van der Waals surface area contributed by atoms with Crippen molar-refractivity contribution in [2.24, 2.45) is 17.6 Å². The third-order valence-corrected chi connectivity index (χ3v) is 4.99. The lowest BCUT2D eigenvalue weighted by Crippen LogP contribution is -2.45. The van der Waals surface area contributed by atoms with Gasteiger partial charge < -0.3 is 10.6 Å². The van der Waals surface area contributed by atoms with Crippen molar-refractivity contribution < 1.29 is 13.6 Å². The highest BCUT2D eigenvalue weighted by atomic mass is 19.2. The Morgan fingerprint density at radius 2 is 2.14 bits per heavy atom. The normalized spacial score (nSPS) is 29.3. The number of amides is 1. The van der Waals surface area contributed by atoms with Crippen LogP contribution in [0.1, 0.15) is 37.7 Å². The molecule has 4 atom stereocenters. The number of carbonyl (C=O) groups is 1. The molecule has 22 heavy (non-hydrogen) atoms. The lowest BCUT2D eigenvalue weighted by Gasteiger charge is -2.34. The van der Waals surface area contributed by atoms with Crippen LogP contribution in [0.4, 0.5) is 8.78 Å². The van der Waals surface area contributed by atoms with Crippen molar-refractivity contribution in [3.05, 3.63) is 35.4 Å². The molecule has 0 aromatic heterocycles. The Bertz CT molecular complexity index is 576. The van der Waals surface area contributed by atoms with E-state index in [9.17, 15) is 13.6 Å². The minimum atomic E-state index is -0.844. The van der Waals surface area contributed by atoms with Crippen LogP contribution in [0, 0.1) is 23.5 Å². The summed E-state index contributed by atoms with van der Waals surface area (Å²) in [7, 11) is 0. The molecule has 1 aromatic carbocycles. The number of hydrogen-bond acceptors (Lipinski definition) is 2. The van der Waals surface area contributed by atoms with Gasteiger partial charge in [-0.05, 0) is 55.7 Å². The van der Waals surface area contributed by atoms with Gasteiger partial charge in [0.15, 0.2) is 11.6 Å². The molecular formula is C17H22F2N2O. The summed E-state index contributed by atoms with van der Waals surface area (Å²) in [6.07, 6.45) is 2.78. The largest absolute Gasteiger partial charge is 0.342 e. The Balaban J connectivity index is 1.63. The molecule has 1 aliphatic heterocycles. The molecule has 120 valence electrons. The number of nitrogens with two attached hydrogens (primary N) is 1. The van der Waals surface area contributed by atoms with Gasteiger partial charge in [0.05, 0.1) is 0 Å². The highest BCUT2D eigenvalue weighted by Gasteiger charge is 2.46. The third-order valence-electron chi connectivity index (χ3n) is 4.99. The van der Waals surface area contributed by atoms with Gasteiger partial charge in [-0.1, -0.05) is 6.07 Å². The maximum Gasteiger partial charge on any atom is 0.226 e. The number of rotatable bonds is 3. The van der Waals surface area contributed by atoms with Gasteiger partial charge in [-0.2, -0.15) is 0 Å². The van der Waals surface area contributed by atoms with Crippen molar-refractivity contribution in [1.82, 2.24) is 4.90 Å². The van der Waals surface area contributed by atoms with Crippen molar-refractivity contribution in [1.29, 1.82) is 0 Å². The van der Waals surface area contributed by atoms with Gasteiger partial charge in [0.1, 0.15) is 0 Å². The maximum absolute atomic E-state index is 13.3. The molecule has 1 amide bonds. The Labute approximate surface area is 129 Å². The first-order valence-electron chi connectivity index (χ1n) is 7.96. The Morgan fingerprint density at radius 1 is 1.36 bits per heavy atom. The third kappa shape index (κ3) is 3.00. The van der Waals surface area contributed by atoms with Crippen LogP contribution in [0.25, 0.3) is 0 Å². The van der Waals surface area contributed by atoms with E-state index in [1.807, 2.05) is 11.8 Å². The van der Waals surface area contributed by atoms with Crippen molar-refractivity contribution in [3.8, 4) is 0 Å². The first-order chi connectivity index (χ1) is 10.5. The highest BCUT2D eigenvalue weighted by molar-refractivity contribution is 5.83. The maximum atomic E-state index is 13.3. The summed E-state index contributed by atoms with van der Waals surface area (Å²) in [6.45, 7) is 3.49. The van der Waals surface area contributed by atoms with Gasteiger partial charge in [0.2, 0.25) is 5.91 Å². The zero-order valence-corrected chi connectivity index (χ0v) is 12.8. The monoisotopic (exact) mass is 308 g/mol. The van der Waals surface area contributed by atoms with Crippen LogP contribution in [0.3, 0.4) is 0 Å². The molecule has 2 aliphatic rings. The minimum absolute atomic E-state index is 0.0262. The number of benzene rings is 1. The van der Waals surface area contributed by atoms with E-state index in [1.54, 1.807) is 6.07 Å². The van der Waals surface area contributed by atoms with E-state index in [4.69, 9.17) is 5.73 Å². The zero-order chi connectivity index (χ0) is 15.9. The van der Waals surface area contributed by atoms with Crippen molar-refractivity contribution in [2.75, 3.05) is 13.1 Å². The Hall–Kier alpha value is -1.49. The second-order valence-electron chi connectivity index (χ2n) is 6.67. The summed E-state index contributed by atoms with van der Waals surface area (Å²) >= 11 is 0. The molecule has 1 saturated carbocycles. The molecule has 1 aliphatic carbocycles. The molecule has 3 nitrogen and oxygen atoms in total. The number of hydrogen-bond donors (Lipinski definition) is 1. The molecule has 1 aromatic rings. The van der Waals surface area contributed by atoms with E-state index in [0.29, 0.717) is 5.92 Å². The first-order valence-corrected chi connectivity index (χ1v) is 7.96. The molecule has 0 bridgehead atoms. The Morgan fingerprint density at radius 3 is 2.82 bits per heavy atom. The fourth-order valence-electron chi connectivity index (χ4n) is 3.45. The second kappa shape index (κ2) is 5.95. The topological polar surface area (TPSA) is 46.3 Å². The van der Waals surface area contributed by atoms with Crippen molar-refractivity contribution >= 4 is 5.91 Å². The fourth-order valence-corrected chi connectivity index (χ4v) is 3.45. The summed E-state index contributed by atoms with van der Waals surface area (Å²) in [4.78, 5) is 14.5. The van der Waals surface area contributed by atoms with Crippen LogP contribution in [0.5, 0.6) is 0 Å². The van der Waals surface area contributed by atoms with Gasteiger partial charge in [0.25, 0.3) is 0 Å². The second-order valence-corrected chi connectivity index (χ2v) is 6.67. The molecular weight excluding hydrogens is 286 g/mol. The summed E-state index contributed by atoms with van der Waals surface area (Å²) < 4.78 is 26.3. The predicted octanol–water partition coefficient (Wildman–Crippen LogP) is 2.65. The van der Waals surface area contributed by atoms with Crippen LogP contribution < -0.4 is 5.73 Å².